The molecule has 3 rings (SSSR count). The number of aryl methyl sites for hydroxylation is 1. The van der Waals surface area contributed by atoms with Gasteiger partial charge in [0.25, 0.3) is 11.8 Å². The number of rotatable bonds is 9. The van der Waals surface area contributed by atoms with E-state index in [4.69, 9.17) is 11.5 Å². The fourth-order valence-corrected chi connectivity index (χ4v) is 4.22. The van der Waals surface area contributed by atoms with E-state index < -0.39 is 23.8 Å². The van der Waals surface area contributed by atoms with E-state index in [1.54, 1.807) is 24.3 Å². The molecular formula is C25H29N5O4S. The van der Waals surface area contributed by atoms with Crippen molar-refractivity contribution in [3.05, 3.63) is 70.2 Å². The fourth-order valence-electron chi connectivity index (χ4n) is 3.48. The Morgan fingerprint density at radius 2 is 1.71 bits per heavy atom. The van der Waals surface area contributed by atoms with Gasteiger partial charge in [-0.05, 0) is 60.6 Å². The molecule has 1 atom stereocenters. The smallest absolute Gasteiger partial charge is 0.273 e. The van der Waals surface area contributed by atoms with Gasteiger partial charge in [0.15, 0.2) is 5.69 Å². The van der Waals surface area contributed by atoms with Crippen LogP contribution in [0.2, 0.25) is 0 Å². The number of carbonyl (C=O) groups is 3. The number of nitrogens with zero attached hydrogens (tertiary/aromatic N) is 2. The summed E-state index contributed by atoms with van der Waals surface area (Å²) in [6.07, 6.45) is 0.760. The van der Waals surface area contributed by atoms with Crippen LogP contribution in [-0.2, 0) is 4.79 Å². The van der Waals surface area contributed by atoms with Crippen LogP contribution in [-0.4, -0.2) is 33.7 Å². The van der Waals surface area contributed by atoms with Crippen LogP contribution in [0.5, 0.6) is 5.75 Å². The first kappa shape index (κ1) is 25.7. The van der Waals surface area contributed by atoms with Crippen LogP contribution < -0.4 is 21.7 Å². The van der Waals surface area contributed by atoms with Crippen LogP contribution in [0.1, 0.15) is 57.6 Å². The van der Waals surface area contributed by atoms with Crippen molar-refractivity contribution in [2.24, 2.45) is 11.7 Å². The number of hydrogen-bond acceptors (Lipinski definition) is 7. The zero-order valence-electron chi connectivity index (χ0n) is 19.8. The number of benzene rings is 2. The highest BCUT2D eigenvalue weighted by Gasteiger charge is 2.36. The molecule has 3 amide bonds. The highest BCUT2D eigenvalue weighted by molar-refractivity contribution is 7.09. The molecule has 0 spiro atoms. The normalized spacial score (nSPS) is 11.8. The number of hydrogen-bond donors (Lipinski definition) is 4. The average molecular weight is 496 g/mol. The van der Waals surface area contributed by atoms with Crippen molar-refractivity contribution in [1.82, 2.24) is 9.69 Å². The third-order valence-corrected chi connectivity index (χ3v) is 6.27. The summed E-state index contributed by atoms with van der Waals surface area (Å²) in [5, 5.41) is 12.7. The lowest BCUT2D eigenvalue weighted by atomic mass is 10.0. The lowest BCUT2D eigenvalue weighted by Gasteiger charge is -2.31. The second-order valence-corrected chi connectivity index (χ2v) is 9.39. The molecule has 0 saturated carbocycles. The molecule has 1 aromatic heterocycles. The van der Waals surface area contributed by atoms with Crippen molar-refractivity contribution >= 4 is 40.6 Å². The van der Waals surface area contributed by atoms with E-state index in [9.17, 15) is 19.5 Å². The average Bonchev–Trinajstić information content (AvgIpc) is 3.20. The van der Waals surface area contributed by atoms with Gasteiger partial charge in [-0.15, -0.1) is 0 Å². The summed E-state index contributed by atoms with van der Waals surface area (Å²) in [5.74, 6) is -1.45. The molecule has 0 unspecified atom stereocenters. The minimum Gasteiger partial charge on any atom is -0.508 e. The number of primary amides is 1. The second kappa shape index (κ2) is 11.0. The molecule has 6 N–H and O–H groups in total. The molecule has 0 bridgehead atoms. The predicted molar refractivity (Wildman–Crippen MR) is 136 cm³/mol. The first-order chi connectivity index (χ1) is 16.6. The van der Waals surface area contributed by atoms with E-state index in [1.807, 2.05) is 19.1 Å². The van der Waals surface area contributed by atoms with Gasteiger partial charge >= 0.3 is 0 Å². The Balaban J connectivity index is 2.14. The molecule has 0 fully saturated rings. The van der Waals surface area contributed by atoms with Crippen molar-refractivity contribution < 1.29 is 19.5 Å². The molecule has 3 aromatic rings. The van der Waals surface area contributed by atoms with Gasteiger partial charge in [-0.25, -0.2) is 0 Å². The molecule has 2 aromatic carbocycles. The van der Waals surface area contributed by atoms with Crippen LogP contribution in [0.3, 0.4) is 0 Å². The van der Waals surface area contributed by atoms with E-state index in [2.05, 4.69) is 23.5 Å². The molecule has 184 valence electrons. The third-order valence-electron chi connectivity index (χ3n) is 5.42. The van der Waals surface area contributed by atoms with Crippen LogP contribution in [0, 0.1) is 12.8 Å². The minimum atomic E-state index is -1.09. The number of nitrogen functional groups attached to an aromatic ring is 1. The molecule has 1 heterocycles. The molecule has 0 aliphatic rings. The Bertz CT molecular complexity index is 1210. The van der Waals surface area contributed by atoms with Crippen molar-refractivity contribution in [3.8, 4) is 5.75 Å². The molecule has 0 radical (unpaired) electrons. The van der Waals surface area contributed by atoms with Crippen molar-refractivity contribution in [2.75, 3.05) is 17.2 Å². The zero-order valence-corrected chi connectivity index (χ0v) is 20.6. The molecular weight excluding hydrogens is 466 g/mol. The number of amides is 3. The SMILES string of the molecule is Cc1ccc(N(C(=O)c2snc(C(N)=O)c2N)[C@@H](C(=O)NCCC(C)C)c2ccc(O)cc2)cc1. The van der Waals surface area contributed by atoms with Gasteiger partial charge in [-0.3, -0.25) is 19.3 Å². The highest BCUT2D eigenvalue weighted by atomic mass is 32.1. The lowest BCUT2D eigenvalue weighted by Crippen LogP contribution is -2.44. The Labute approximate surface area is 207 Å². The number of carbonyl (C=O) groups excluding carboxylic acids is 3. The topological polar surface area (TPSA) is 152 Å². The van der Waals surface area contributed by atoms with Crippen molar-refractivity contribution in [2.45, 2.75) is 33.2 Å². The first-order valence-electron chi connectivity index (χ1n) is 11.1. The number of nitrogens with two attached hydrogens (primary N) is 2. The second-order valence-electron chi connectivity index (χ2n) is 8.62. The van der Waals surface area contributed by atoms with E-state index in [-0.39, 0.29) is 22.0 Å². The van der Waals surface area contributed by atoms with Crippen LogP contribution >= 0.6 is 11.5 Å². The fraction of sp³-hybridized carbons (Fsp3) is 0.280. The summed E-state index contributed by atoms with van der Waals surface area (Å²) in [7, 11) is 0. The van der Waals surface area contributed by atoms with Gasteiger partial charge in [-0.2, -0.15) is 4.37 Å². The van der Waals surface area contributed by atoms with E-state index in [0.717, 1.165) is 23.5 Å². The van der Waals surface area contributed by atoms with Gasteiger partial charge in [0.2, 0.25) is 5.91 Å². The maximum absolute atomic E-state index is 13.9. The van der Waals surface area contributed by atoms with Crippen LogP contribution in [0.4, 0.5) is 11.4 Å². The highest BCUT2D eigenvalue weighted by Crippen LogP contribution is 2.33. The van der Waals surface area contributed by atoms with Gasteiger partial charge in [0, 0.05) is 12.2 Å². The predicted octanol–water partition coefficient (Wildman–Crippen LogP) is 3.39. The monoisotopic (exact) mass is 495 g/mol. The molecule has 35 heavy (non-hydrogen) atoms. The van der Waals surface area contributed by atoms with Crippen LogP contribution in [0.15, 0.2) is 48.5 Å². The van der Waals surface area contributed by atoms with Crippen molar-refractivity contribution in [3.63, 3.8) is 0 Å². The third kappa shape index (κ3) is 5.96. The minimum absolute atomic E-state index is 0.00173. The summed E-state index contributed by atoms with van der Waals surface area (Å²) >= 11 is 0.749. The lowest BCUT2D eigenvalue weighted by molar-refractivity contribution is -0.122. The van der Waals surface area contributed by atoms with E-state index >= 15 is 0 Å². The summed E-state index contributed by atoms with van der Waals surface area (Å²) in [5.41, 5.74) is 13.0. The number of phenols is 1. The number of aromatic nitrogens is 1. The summed E-state index contributed by atoms with van der Waals surface area (Å²) in [4.78, 5) is 40.4. The van der Waals surface area contributed by atoms with Crippen LogP contribution in [0.25, 0.3) is 0 Å². The number of phenolic OH excluding ortho intramolecular Hbond substituents is 1. The first-order valence-corrected chi connectivity index (χ1v) is 11.9. The zero-order chi connectivity index (χ0) is 25.7. The van der Waals surface area contributed by atoms with Crippen molar-refractivity contribution in [1.29, 1.82) is 0 Å². The van der Waals surface area contributed by atoms with Gasteiger partial charge in [-0.1, -0.05) is 43.7 Å². The maximum Gasteiger partial charge on any atom is 0.273 e. The number of anilines is 2. The molecule has 0 aliphatic carbocycles. The standard InChI is InChI=1S/C25H29N5O4S/c1-14(2)12-13-28-24(33)21(16-6-10-18(31)11-7-16)30(17-8-4-15(3)5-9-17)25(34)22-19(26)20(23(27)32)29-35-22/h4-11,14,21,31H,12-13,26H2,1-3H3,(H2,27,32)(H,28,33)/t21-/m1/s1. The molecule has 9 nitrogen and oxygen atoms in total. The quantitative estimate of drug-likeness (QED) is 0.357. The van der Waals surface area contributed by atoms with E-state index in [1.165, 1.54) is 17.0 Å². The van der Waals surface area contributed by atoms with Gasteiger partial charge in [0.05, 0.1) is 5.69 Å². The van der Waals surface area contributed by atoms with E-state index in [0.29, 0.717) is 23.7 Å². The van der Waals surface area contributed by atoms with Gasteiger partial charge in [0.1, 0.15) is 16.7 Å². The number of aromatic hydroxyl groups is 1. The largest absolute Gasteiger partial charge is 0.508 e. The molecule has 0 saturated heterocycles. The Morgan fingerprint density at radius 3 is 2.26 bits per heavy atom. The Hall–Kier alpha value is -3.92. The Morgan fingerprint density at radius 1 is 1.09 bits per heavy atom. The van der Waals surface area contributed by atoms with Gasteiger partial charge < -0.3 is 21.9 Å². The number of nitrogens with one attached hydrogen (secondary N) is 1. The summed E-state index contributed by atoms with van der Waals surface area (Å²) in [6.45, 7) is 6.44. The summed E-state index contributed by atoms with van der Waals surface area (Å²) in [6, 6.07) is 12.1. The molecule has 0 aliphatic heterocycles. The maximum atomic E-state index is 13.9. The Kier molecular flexibility index (Phi) is 8.08. The molecule has 10 heteroatoms. The summed E-state index contributed by atoms with van der Waals surface area (Å²) < 4.78 is 3.95.